The molecule has 0 aliphatic heterocycles. The Labute approximate surface area is 196 Å². The summed E-state index contributed by atoms with van der Waals surface area (Å²) in [5.74, 6) is -0.0701. The molecular formula is C28H38F2O3. The van der Waals surface area contributed by atoms with Crippen molar-refractivity contribution in [1.82, 2.24) is 0 Å². The molecule has 4 unspecified atom stereocenters. The molecule has 0 aromatic heterocycles. The van der Waals surface area contributed by atoms with Gasteiger partial charge in [0.05, 0.1) is 5.92 Å². The van der Waals surface area contributed by atoms with Crippen LogP contribution in [-0.4, -0.2) is 12.6 Å². The van der Waals surface area contributed by atoms with Gasteiger partial charge in [0.25, 0.3) is 0 Å². The lowest BCUT2D eigenvalue weighted by atomic mass is 9.59. The molecule has 0 bridgehead atoms. The van der Waals surface area contributed by atoms with E-state index in [-0.39, 0.29) is 24.0 Å². The number of allylic oxidation sites excluding steroid dienone is 1. The number of ether oxygens (including phenoxy) is 2. The maximum atomic E-state index is 14.6. The number of fused-ring (bicyclic) bond motifs is 1. The van der Waals surface area contributed by atoms with Crippen molar-refractivity contribution in [2.24, 2.45) is 35.5 Å². The highest BCUT2D eigenvalue weighted by atomic mass is 19.2. The van der Waals surface area contributed by atoms with Crippen LogP contribution >= 0.6 is 0 Å². The van der Waals surface area contributed by atoms with Crippen molar-refractivity contribution in [3.05, 3.63) is 35.9 Å². The van der Waals surface area contributed by atoms with Gasteiger partial charge in [0.2, 0.25) is 11.6 Å². The standard InChI is InChI=1S/C28H38F2O3/c1-3-4-16-32-24-14-15-25(27(30)26(24)29)33-28(31)23-7-5-6-21-17-20(12-13-22(21)23)19-10-8-18(2)9-11-19/h3-4,14-15,18-23H,5-13,16-17H2,1-2H3/b4-3+. The van der Waals surface area contributed by atoms with Crippen LogP contribution in [0.1, 0.15) is 78.1 Å². The summed E-state index contributed by atoms with van der Waals surface area (Å²) in [6.07, 6.45) is 15.3. The minimum Gasteiger partial charge on any atom is -0.486 e. The third kappa shape index (κ3) is 5.60. The van der Waals surface area contributed by atoms with E-state index in [1.165, 1.54) is 57.1 Å². The van der Waals surface area contributed by atoms with Crippen LogP contribution in [0.4, 0.5) is 8.78 Å². The Balaban J connectivity index is 1.37. The number of esters is 1. The van der Waals surface area contributed by atoms with Crippen molar-refractivity contribution < 1.29 is 23.0 Å². The van der Waals surface area contributed by atoms with Gasteiger partial charge in [-0.25, -0.2) is 0 Å². The van der Waals surface area contributed by atoms with Crippen LogP contribution in [0.15, 0.2) is 24.3 Å². The van der Waals surface area contributed by atoms with E-state index in [1.807, 2.05) is 6.92 Å². The van der Waals surface area contributed by atoms with E-state index in [0.717, 1.165) is 37.0 Å². The van der Waals surface area contributed by atoms with Crippen molar-refractivity contribution in [3.8, 4) is 11.5 Å². The molecule has 4 atom stereocenters. The normalized spacial score (nSPS) is 32.4. The fourth-order valence-electron chi connectivity index (χ4n) is 6.60. The average Bonchev–Trinajstić information content (AvgIpc) is 2.83. The second-order valence-corrected chi connectivity index (χ2v) is 10.5. The van der Waals surface area contributed by atoms with E-state index in [0.29, 0.717) is 11.8 Å². The first-order valence-electron chi connectivity index (χ1n) is 12.9. The summed E-state index contributed by atoms with van der Waals surface area (Å²) in [5, 5.41) is 0. The fourth-order valence-corrected chi connectivity index (χ4v) is 6.60. The first-order valence-corrected chi connectivity index (χ1v) is 12.9. The molecule has 3 aliphatic carbocycles. The Kier molecular flexibility index (Phi) is 8.08. The van der Waals surface area contributed by atoms with Gasteiger partial charge in [-0.1, -0.05) is 44.8 Å². The molecule has 5 heteroatoms. The summed E-state index contributed by atoms with van der Waals surface area (Å²) in [5.41, 5.74) is 0. The van der Waals surface area contributed by atoms with E-state index in [2.05, 4.69) is 6.92 Å². The summed E-state index contributed by atoms with van der Waals surface area (Å²) in [4.78, 5) is 13.0. The summed E-state index contributed by atoms with van der Waals surface area (Å²) < 4.78 is 39.6. The first-order chi connectivity index (χ1) is 16.0. The third-order valence-electron chi connectivity index (χ3n) is 8.51. The largest absolute Gasteiger partial charge is 0.486 e. The summed E-state index contributed by atoms with van der Waals surface area (Å²) in [7, 11) is 0. The highest BCUT2D eigenvalue weighted by Gasteiger charge is 2.43. The van der Waals surface area contributed by atoms with E-state index >= 15 is 0 Å². The van der Waals surface area contributed by atoms with Crippen LogP contribution < -0.4 is 9.47 Å². The van der Waals surface area contributed by atoms with Crippen LogP contribution in [0.3, 0.4) is 0 Å². The lowest BCUT2D eigenvalue weighted by Crippen LogP contribution is -2.40. The maximum Gasteiger partial charge on any atom is 0.314 e. The number of halogens is 2. The second-order valence-electron chi connectivity index (χ2n) is 10.5. The van der Waals surface area contributed by atoms with Gasteiger partial charge in [-0.05, 0) is 87.2 Å². The fraction of sp³-hybridized carbons (Fsp3) is 0.679. The Bertz CT molecular complexity index is 844. The van der Waals surface area contributed by atoms with Gasteiger partial charge in [0.1, 0.15) is 6.61 Å². The number of hydrogen-bond donors (Lipinski definition) is 0. The Morgan fingerprint density at radius 2 is 1.64 bits per heavy atom. The highest BCUT2D eigenvalue weighted by molar-refractivity contribution is 5.75. The molecule has 0 saturated heterocycles. The van der Waals surface area contributed by atoms with Crippen LogP contribution in [0.2, 0.25) is 0 Å². The molecule has 0 amide bonds. The van der Waals surface area contributed by atoms with Gasteiger partial charge in [-0.15, -0.1) is 0 Å². The Morgan fingerprint density at radius 3 is 2.39 bits per heavy atom. The van der Waals surface area contributed by atoms with Crippen LogP contribution in [-0.2, 0) is 4.79 Å². The second kappa shape index (κ2) is 11.0. The van der Waals surface area contributed by atoms with E-state index in [4.69, 9.17) is 9.47 Å². The van der Waals surface area contributed by atoms with Gasteiger partial charge in [0.15, 0.2) is 11.5 Å². The molecule has 0 heterocycles. The first kappa shape index (κ1) is 24.2. The molecular weight excluding hydrogens is 422 g/mol. The molecule has 0 radical (unpaired) electrons. The van der Waals surface area contributed by atoms with Gasteiger partial charge in [-0.2, -0.15) is 8.78 Å². The molecule has 1 aromatic carbocycles. The molecule has 4 rings (SSSR count). The molecule has 3 nitrogen and oxygen atoms in total. The van der Waals surface area contributed by atoms with Crippen molar-refractivity contribution in [2.45, 2.75) is 78.1 Å². The van der Waals surface area contributed by atoms with Crippen LogP contribution in [0.25, 0.3) is 0 Å². The lowest BCUT2D eigenvalue weighted by molar-refractivity contribution is -0.144. The third-order valence-corrected chi connectivity index (χ3v) is 8.51. The number of carbonyl (C=O) groups excluding carboxylic acids is 1. The van der Waals surface area contributed by atoms with Crippen LogP contribution in [0, 0.1) is 47.1 Å². The molecule has 0 spiro atoms. The molecule has 33 heavy (non-hydrogen) atoms. The quantitative estimate of drug-likeness (QED) is 0.251. The number of rotatable bonds is 6. The Morgan fingerprint density at radius 1 is 0.939 bits per heavy atom. The van der Waals surface area contributed by atoms with Gasteiger partial charge < -0.3 is 9.47 Å². The zero-order valence-electron chi connectivity index (χ0n) is 20.0. The van der Waals surface area contributed by atoms with E-state index < -0.39 is 17.6 Å². The minimum absolute atomic E-state index is 0.151. The summed E-state index contributed by atoms with van der Waals surface area (Å²) in [6.45, 7) is 4.34. The number of hydrogen-bond acceptors (Lipinski definition) is 3. The van der Waals surface area contributed by atoms with Gasteiger partial charge >= 0.3 is 5.97 Å². The van der Waals surface area contributed by atoms with Crippen molar-refractivity contribution in [3.63, 3.8) is 0 Å². The predicted octanol–water partition coefficient (Wildman–Crippen LogP) is 7.48. The molecule has 3 aliphatic rings. The summed E-state index contributed by atoms with van der Waals surface area (Å²) in [6, 6.07) is 2.62. The topological polar surface area (TPSA) is 35.5 Å². The highest BCUT2D eigenvalue weighted by Crippen LogP contribution is 2.50. The van der Waals surface area contributed by atoms with Crippen LogP contribution in [0.5, 0.6) is 11.5 Å². The van der Waals surface area contributed by atoms with Gasteiger partial charge in [-0.3, -0.25) is 4.79 Å². The molecule has 1 aromatic rings. The minimum atomic E-state index is -1.16. The lowest BCUT2D eigenvalue weighted by Gasteiger charge is -2.45. The maximum absolute atomic E-state index is 14.6. The number of benzene rings is 1. The molecule has 0 N–H and O–H groups in total. The van der Waals surface area contributed by atoms with Crippen molar-refractivity contribution in [2.75, 3.05) is 6.61 Å². The Hall–Kier alpha value is -1.91. The zero-order chi connectivity index (χ0) is 23.4. The predicted molar refractivity (Wildman–Crippen MR) is 125 cm³/mol. The smallest absolute Gasteiger partial charge is 0.314 e. The van der Waals surface area contributed by atoms with E-state index in [9.17, 15) is 13.6 Å². The van der Waals surface area contributed by atoms with Gasteiger partial charge in [0, 0.05) is 0 Å². The molecule has 3 saturated carbocycles. The number of carbonyl (C=O) groups is 1. The van der Waals surface area contributed by atoms with Crippen molar-refractivity contribution in [1.29, 1.82) is 0 Å². The molecule has 182 valence electrons. The SMILES string of the molecule is C/C=C/COc1ccc(OC(=O)C2CCCC3CC(C4CCC(C)CC4)CCC32)c(F)c1F. The molecule has 3 fully saturated rings. The van der Waals surface area contributed by atoms with Crippen molar-refractivity contribution >= 4 is 5.97 Å². The monoisotopic (exact) mass is 460 g/mol. The van der Waals surface area contributed by atoms with E-state index in [1.54, 1.807) is 12.2 Å². The zero-order valence-corrected chi connectivity index (χ0v) is 20.0. The average molecular weight is 461 g/mol. The summed E-state index contributed by atoms with van der Waals surface area (Å²) >= 11 is 0.